The van der Waals surface area contributed by atoms with Gasteiger partial charge in [-0.05, 0) is 30.3 Å². The molecule has 0 amide bonds. The zero-order valence-electron chi connectivity index (χ0n) is 9.67. The summed E-state index contributed by atoms with van der Waals surface area (Å²) in [4.78, 5) is 4.09. The average Bonchev–Trinajstić information content (AvgIpc) is 2.10. The first-order valence-corrected chi connectivity index (χ1v) is 5.24. The van der Waals surface area contributed by atoms with Crippen molar-refractivity contribution in [2.75, 3.05) is 7.05 Å². The third-order valence-electron chi connectivity index (χ3n) is 2.28. The van der Waals surface area contributed by atoms with E-state index in [2.05, 4.69) is 38.8 Å². The van der Waals surface area contributed by atoms with Crippen molar-refractivity contribution in [3.05, 3.63) is 11.6 Å². The fraction of sp³-hybridized carbons (Fsp3) is 0.750. The summed E-state index contributed by atoms with van der Waals surface area (Å²) in [5, 5.41) is 0. The van der Waals surface area contributed by atoms with Crippen LogP contribution < -0.4 is 0 Å². The molecule has 0 rings (SSSR count). The zero-order chi connectivity index (χ0) is 10.3. The lowest BCUT2D eigenvalue weighted by molar-refractivity contribution is 0.640. The highest BCUT2D eigenvalue weighted by Gasteiger charge is 2.03. The summed E-state index contributed by atoms with van der Waals surface area (Å²) < 4.78 is 0. The molecule has 0 aliphatic heterocycles. The van der Waals surface area contributed by atoms with Gasteiger partial charge in [0.1, 0.15) is 0 Å². The molecule has 0 aromatic carbocycles. The van der Waals surface area contributed by atoms with Gasteiger partial charge in [0.25, 0.3) is 0 Å². The third kappa shape index (κ3) is 5.62. The van der Waals surface area contributed by atoms with E-state index in [0.29, 0.717) is 5.92 Å². The molecule has 1 heteroatoms. The van der Waals surface area contributed by atoms with Crippen molar-refractivity contribution in [1.29, 1.82) is 0 Å². The van der Waals surface area contributed by atoms with Gasteiger partial charge in [-0.1, -0.05) is 33.8 Å². The second kappa shape index (κ2) is 6.88. The summed E-state index contributed by atoms with van der Waals surface area (Å²) in [7, 11) is 1.84. The van der Waals surface area contributed by atoms with E-state index in [-0.39, 0.29) is 0 Å². The number of hydrogen-bond acceptors (Lipinski definition) is 1. The van der Waals surface area contributed by atoms with Crippen molar-refractivity contribution in [2.45, 2.75) is 40.5 Å². The Balaban J connectivity index is 4.31. The Labute approximate surface area is 83.0 Å². The molecule has 0 spiro atoms. The monoisotopic (exact) mass is 181 g/mol. The predicted molar refractivity (Wildman–Crippen MR) is 61.4 cm³/mol. The van der Waals surface area contributed by atoms with Crippen LogP contribution in [0.1, 0.15) is 40.5 Å². The van der Waals surface area contributed by atoms with Crippen LogP contribution in [0.4, 0.5) is 0 Å². The molecule has 0 aliphatic rings. The van der Waals surface area contributed by atoms with E-state index in [1.807, 2.05) is 13.3 Å². The molecule has 0 saturated heterocycles. The summed E-state index contributed by atoms with van der Waals surface area (Å²) in [5.74, 6) is 1.38. The van der Waals surface area contributed by atoms with Crippen LogP contribution in [0.3, 0.4) is 0 Å². The molecule has 13 heavy (non-hydrogen) atoms. The van der Waals surface area contributed by atoms with Crippen molar-refractivity contribution in [1.82, 2.24) is 0 Å². The molecule has 0 heterocycles. The summed E-state index contributed by atoms with van der Waals surface area (Å²) >= 11 is 0. The van der Waals surface area contributed by atoms with E-state index in [1.165, 1.54) is 12.0 Å². The van der Waals surface area contributed by atoms with E-state index in [4.69, 9.17) is 0 Å². The molecule has 0 aliphatic carbocycles. The molecule has 0 aromatic rings. The highest BCUT2D eigenvalue weighted by atomic mass is 14.6. The van der Waals surface area contributed by atoms with Crippen LogP contribution in [0.2, 0.25) is 0 Å². The summed E-state index contributed by atoms with van der Waals surface area (Å²) in [6.45, 7) is 8.97. The van der Waals surface area contributed by atoms with Crippen LogP contribution in [-0.2, 0) is 0 Å². The fourth-order valence-electron chi connectivity index (χ4n) is 1.14. The van der Waals surface area contributed by atoms with Crippen molar-refractivity contribution >= 4 is 6.21 Å². The Bertz CT molecular complexity index is 178. The topological polar surface area (TPSA) is 12.4 Å². The van der Waals surface area contributed by atoms with Crippen molar-refractivity contribution < 1.29 is 0 Å². The maximum absolute atomic E-state index is 4.09. The molecule has 0 saturated carbocycles. The quantitative estimate of drug-likeness (QED) is 0.573. The SMILES string of the molecule is CCC(C)C(/C=N\C)=C/CC(C)C. The Morgan fingerprint density at radius 3 is 2.31 bits per heavy atom. The lowest BCUT2D eigenvalue weighted by Gasteiger charge is -2.10. The predicted octanol–water partition coefficient (Wildman–Crippen LogP) is 3.71. The summed E-state index contributed by atoms with van der Waals surface area (Å²) in [5.41, 5.74) is 1.39. The number of hydrogen-bond donors (Lipinski definition) is 0. The number of nitrogens with zero attached hydrogens (tertiary/aromatic N) is 1. The fourth-order valence-corrected chi connectivity index (χ4v) is 1.14. The largest absolute Gasteiger partial charge is 0.296 e. The average molecular weight is 181 g/mol. The minimum Gasteiger partial charge on any atom is -0.296 e. The minimum absolute atomic E-state index is 0.641. The molecule has 0 N–H and O–H groups in total. The Morgan fingerprint density at radius 1 is 1.31 bits per heavy atom. The van der Waals surface area contributed by atoms with Crippen LogP contribution in [0.25, 0.3) is 0 Å². The minimum atomic E-state index is 0.641. The van der Waals surface area contributed by atoms with Gasteiger partial charge in [-0.3, -0.25) is 4.99 Å². The zero-order valence-corrected chi connectivity index (χ0v) is 9.67. The summed E-state index contributed by atoms with van der Waals surface area (Å²) in [6.07, 6.45) is 6.67. The van der Waals surface area contributed by atoms with Gasteiger partial charge in [-0.25, -0.2) is 0 Å². The number of aliphatic imine (C=N–C) groups is 1. The van der Waals surface area contributed by atoms with Gasteiger partial charge in [0, 0.05) is 13.3 Å². The third-order valence-corrected chi connectivity index (χ3v) is 2.28. The Kier molecular flexibility index (Phi) is 6.56. The van der Waals surface area contributed by atoms with E-state index >= 15 is 0 Å². The van der Waals surface area contributed by atoms with Gasteiger partial charge in [-0.2, -0.15) is 0 Å². The van der Waals surface area contributed by atoms with E-state index in [0.717, 1.165) is 12.3 Å². The van der Waals surface area contributed by atoms with Gasteiger partial charge >= 0.3 is 0 Å². The molecule has 1 atom stereocenters. The summed E-state index contributed by atoms with van der Waals surface area (Å²) in [6, 6.07) is 0. The van der Waals surface area contributed by atoms with E-state index in [1.54, 1.807) is 0 Å². The van der Waals surface area contributed by atoms with Crippen molar-refractivity contribution in [2.24, 2.45) is 16.8 Å². The van der Waals surface area contributed by atoms with Crippen molar-refractivity contribution in [3.8, 4) is 0 Å². The Morgan fingerprint density at radius 2 is 1.92 bits per heavy atom. The van der Waals surface area contributed by atoms with Crippen LogP contribution >= 0.6 is 0 Å². The molecule has 0 fully saturated rings. The van der Waals surface area contributed by atoms with E-state index in [9.17, 15) is 0 Å². The normalized spacial score (nSPS) is 15.7. The Hall–Kier alpha value is -0.590. The molecule has 76 valence electrons. The molecular formula is C12H23N. The van der Waals surface area contributed by atoms with Crippen LogP contribution in [0, 0.1) is 11.8 Å². The maximum atomic E-state index is 4.09. The van der Waals surface area contributed by atoms with Gasteiger partial charge in [0.2, 0.25) is 0 Å². The first kappa shape index (κ1) is 12.4. The van der Waals surface area contributed by atoms with Crippen molar-refractivity contribution in [3.63, 3.8) is 0 Å². The molecule has 0 aromatic heterocycles. The lowest BCUT2D eigenvalue weighted by atomic mass is 9.96. The lowest BCUT2D eigenvalue weighted by Crippen LogP contribution is -2.00. The number of allylic oxidation sites excluding steroid dienone is 2. The van der Waals surface area contributed by atoms with Gasteiger partial charge in [0.05, 0.1) is 0 Å². The molecular weight excluding hydrogens is 158 g/mol. The second-order valence-corrected chi connectivity index (χ2v) is 4.03. The smallest absolute Gasteiger partial charge is 0.0277 e. The van der Waals surface area contributed by atoms with Gasteiger partial charge in [-0.15, -0.1) is 0 Å². The van der Waals surface area contributed by atoms with Gasteiger partial charge in [0.15, 0.2) is 0 Å². The highest BCUT2D eigenvalue weighted by molar-refractivity contribution is 5.78. The van der Waals surface area contributed by atoms with E-state index < -0.39 is 0 Å². The molecule has 0 bridgehead atoms. The molecule has 0 radical (unpaired) electrons. The number of rotatable bonds is 5. The first-order chi connectivity index (χ1) is 6.11. The van der Waals surface area contributed by atoms with Crippen LogP contribution in [-0.4, -0.2) is 13.3 Å². The maximum Gasteiger partial charge on any atom is 0.0277 e. The highest BCUT2D eigenvalue weighted by Crippen LogP contribution is 2.14. The van der Waals surface area contributed by atoms with Crippen LogP contribution in [0.15, 0.2) is 16.6 Å². The second-order valence-electron chi connectivity index (χ2n) is 4.03. The first-order valence-electron chi connectivity index (χ1n) is 5.24. The molecule has 1 unspecified atom stereocenters. The van der Waals surface area contributed by atoms with Crippen LogP contribution in [0.5, 0.6) is 0 Å². The standard InChI is InChI=1S/C12H23N/c1-6-11(4)12(9-13-5)8-7-10(2)3/h8-11H,6-7H2,1-5H3/b12-8+,13-9-. The molecule has 1 nitrogen and oxygen atoms in total. The van der Waals surface area contributed by atoms with Gasteiger partial charge < -0.3 is 0 Å².